The van der Waals surface area contributed by atoms with Crippen LogP contribution in [0.2, 0.25) is 0 Å². The van der Waals surface area contributed by atoms with Crippen molar-refractivity contribution in [1.82, 2.24) is 4.90 Å². The van der Waals surface area contributed by atoms with Gasteiger partial charge < -0.3 is 5.73 Å². The zero-order chi connectivity index (χ0) is 12.5. The fraction of sp³-hybridized carbons (Fsp3) is 0.727. The SMILES string of the molecule is CC1CC(=O)N(CC(C)(C)C(N)=S)C(=O)C1. The summed E-state index contributed by atoms with van der Waals surface area (Å²) >= 11 is 4.93. The van der Waals surface area contributed by atoms with Crippen molar-refractivity contribution in [2.24, 2.45) is 17.1 Å². The highest BCUT2D eigenvalue weighted by Crippen LogP contribution is 2.24. The minimum absolute atomic E-state index is 0.118. The van der Waals surface area contributed by atoms with E-state index in [0.29, 0.717) is 17.8 Å². The largest absolute Gasteiger partial charge is 0.393 e. The summed E-state index contributed by atoms with van der Waals surface area (Å²) in [7, 11) is 0. The lowest BCUT2D eigenvalue weighted by atomic mass is 9.90. The molecule has 0 bridgehead atoms. The average molecular weight is 242 g/mol. The molecule has 0 unspecified atom stereocenters. The average Bonchev–Trinajstić information content (AvgIpc) is 2.11. The number of nitrogens with zero attached hydrogens (tertiary/aromatic N) is 1. The van der Waals surface area contributed by atoms with Crippen molar-refractivity contribution in [1.29, 1.82) is 0 Å². The summed E-state index contributed by atoms with van der Waals surface area (Å²) in [6.45, 7) is 5.88. The van der Waals surface area contributed by atoms with E-state index in [9.17, 15) is 9.59 Å². The van der Waals surface area contributed by atoms with E-state index in [1.165, 1.54) is 4.90 Å². The van der Waals surface area contributed by atoms with Crippen LogP contribution in [0.15, 0.2) is 0 Å². The highest BCUT2D eigenvalue weighted by Gasteiger charge is 2.35. The Kier molecular flexibility index (Phi) is 3.68. The second-order valence-corrected chi connectivity index (χ2v) is 5.58. The van der Waals surface area contributed by atoms with Gasteiger partial charge in [-0.1, -0.05) is 33.0 Å². The van der Waals surface area contributed by atoms with Gasteiger partial charge in [0.25, 0.3) is 0 Å². The first kappa shape index (κ1) is 13.1. The fourth-order valence-corrected chi connectivity index (χ4v) is 1.74. The molecule has 5 heteroatoms. The number of piperidine rings is 1. The Hall–Kier alpha value is -0.970. The predicted molar refractivity (Wildman–Crippen MR) is 65.7 cm³/mol. The van der Waals surface area contributed by atoms with Crippen molar-refractivity contribution in [2.45, 2.75) is 33.6 Å². The molecule has 4 nitrogen and oxygen atoms in total. The monoisotopic (exact) mass is 242 g/mol. The number of hydrogen-bond donors (Lipinski definition) is 1. The van der Waals surface area contributed by atoms with Gasteiger partial charge in [-0.15, -0.1) is 0 Å². The van der Waals surface area contributed by atoms with Gasteiger partial charge >= 0.3 is 0 Å². The molecule has 1 aliphatic heterocycles. The van der Waals surface area contributed by atoms with E-state index in [2.05, 4.69) is 0 Å². The molecule has 1 rings (SSSR count). The number of imide groups is 1. The first-order chi connectivity index (χ1) is 7.24. The summed E-state index contributed by atoms with van der Waals surface area (Å²) in [5.41, 5.74) is 5.09. The van der Waals surface area contributed by atoms with Gasteiger partial charge in [0.1, 0.15) is 0 Å². The molecule has 0 aromatic heterocycles. The molecule has 1 fully saturated rings. The minimum Gasteiger partial charge on any atom is -0.393 e. The van der Waals surface area contributed by atoms with Crippen LogP contribution < -0.4 is 5.73 Å². The van der Waals surface area contributed by atoms with E-state index in [0.717, 1.165) is 0 Å². The maximum absolute atomic E-state index is 11.7. The lowest BCUT2D eigenvalue weighted by Crippen LogP contribution is -2.50. The molecule has 90 valence electrons. The summed E-state index contributed by atoms with van der Waals surface area (Å²) in [4.78, 5) is 25.1. The van der Waals surface area contributed by atoms with E-state index in [1.54, 1.807) is 0 Å². The van der Waals surface area contributed by atoms with Crippen molar-refractivity contribution in [3.05, 3.63) is 0 Å². The van der Waals surface area contributed by atoms with Crippen LogP contribution in [0.1, 0.15) is 33.6 Å². The van der Waals surface area contributed by atoms with E-state index in [-0.39, 0.29) is 24.3 Å². The van der Waals surface area contributed by atoms with Gasteiger partial charge in [0, 0.05) is 24.8 Å². The Morgan fingerprint density at radius 1 is 1.44 bits per heavy atom. The number of likely N-dealkylation sites (tertiary alicyclic amines) is 1. The molecule has 0 atom stereocenters. The first-order valence-corrected chi connectivity index (χ1v) is 5.78. The van der Waals surface area contributed by atoms with Crippen molar-refractivity contribution >= 4 is 29.0 Å². The molecule has 0 spiro atoms. The van der Waals surface area contributed by atoms with Gasteiger partial charge in [0.2, 0.25) is 11.8 Å². The summed E-state index contributed by atoms with van der Waals surface area (Å²) in [5, 5.41) is 0. The maximum Gasteiger partial charge on any atom is 0.229 e. The molecule has 2 N–H and O–H groups in total. The van der Waals surface area contributed by atoms with Gasteiger partial charge in [-0.3, -0.25) is 14.5 Å². The van der Waals surface area contributed by atoms with Crippen LogP contribution in [-0.4, -0.2) is 28.2 Å². The number of rotatable bonds is 3. The first-order valence-electron chi connectivity index (χ1n) is 5.37. The van der Waals surface area contributed by atoms with E-state index >= 15 is 0 Å². The van der Waals surface area contributed by atoms with E-state index in [1.807, 2.05) is 20.8 Å². The number of hydrogen-bond acceptors (Lipinski definition) is 3. The van der Waals surface area contributed by atoms with Gasteiger partial charge in [-0.25, -0.2) is 0 Å². The van der Waals surface area contributed by atoms with E-state index in [4.69, 9.17) is 18.0 Å². The summed E-state index contributed by atoms with van der Waals surface area (Å²) in [5.74, 6) is -0.0923. The summed E-state index contributed by atoms with van der Waals surface area (Å²) < 4.78 is 0. The van der Waals surface area contributed by atoms with Crippen molar-refractivity contribution in [3.63, 3.8) is 0 Å². The van der Waals surface area contributed by atoms with E-state index < -0.39 is 5.41 Å². The lowest BCUT2D eigenvalue weighted by Gasteiger charge is -2.34. The van der Waals surface area contributed by atoms with Crippen molar-refractivity contribution in [2.75, 3.05) is 6.54 Å². The van der Waals surface area contributed by atoms with Crippen LogP contribution in [0.25, 0.3) is 0 Å². The highest BCUT2D eigenvalue weighted by atomic mass is 32.1. The highest BCUT2D eigenvalue weighted by molar-refractivity contribution is 7.80. The van der Waals surface area contributed by atoms with Crippen molar-refractivity contribution in [3.8, 4) is 0 Å². The molecular formula is C11H18N2O2S. The van der Waals surface area contributed by atoms with Crippen LogP contribution in [0.4, 0.5) is 0 Å². The second-order valence-electron chi connectivity index (χ2n) is 5.14. The van der Waals surface area contributed by atoms with Crippen LogP contribution in [-0.2, 0) is 9.59 Å². The Morgan fingerprint density at radius 3 is 2.25 bits per heavy atom. The number of thiocarbonyl (C=S) groups is 1. The zero-order valence-corrected chi connectivity index (χ0v) is 10.8. The van der Waals surface area contributed by atoms with Crippen LogP contribution in [0.3, 0.4) is 0 Å². The molecule has 1 aliphatic rings. The lowest BCUT2D eigenvalue weighted by molar-refractivity contribution is -0.150. The zero-order valence-electron chi connectivity index (χ0n) is 9.95. The normalized spacial score (nSPS) is 19.1. The molecule has 0 aromatic carbocycles. The van der Waals surface area contributed by atoms with Crippen LogP contribution in [0.5, 0.6) is 0 Å². The van der Waals surface area contributed by atoms with Gasteiger partial charge in [0.05, 0.1) is 4.99 Å². The Bertz CT molecular complexity index is 321. The molecule has 0 aliphatic carbocycles. The summed E-state index contributed by atoms with van der Waals surface area (Å²) in [6.07, 6.45) is 0.859. The van der Waals surface area contributed by atoms with Gasteiger partial charge in [0.15, 0.2) is 0 Å². The molecule has 0 aromatic rings. The molecular weight excluding hydrogens is 224 g/mol. The third-order valence-electron chi connectivity index (χ3n) is 2.87. The second kappa shape index (κ2) is 4.49. The van der Waals surface area contributed by atoms with Crippen molar-refractivity contribution < 1.29 is 9.59 Å². The number of carbonyl (C=O) groups excluding carboxylic acids is 2. The topological polar surface area (TPSA) is 63.4 Å². The third kappa shape index (κ3) is 2.78. The Morgan fingerprint density at radius 2 is 1.88 bits per heavy atom. The number of nitrogens with two attached hydrogens (primary N) is 1. The standard InChI is InChI=1S/C11H18N2O2S/c1-7-4-8(14)13(9(15)5-7)6-11(2,3)10(12)16/h7H,4-6H2,1-3H3,(H2,12,16). The number of amides is 2. The van der Waals surface area contributed by atoms with Gasteiger partial charge in [-0.2, -0.15) is 0 Å². The maximum atomic E-state index is 11.7. The quantitative estimate of drug-likeness (QED) is 0.594. The molecule has 1 saturated heterocycles. The summed E-state index contributed by atoms with van der Waals surface area (Å²) in [6, 6.07) is 0. The smallest absolute Gasteiger partial charge is 0.229 e. The predicted octanol–water partition coefficient (Wildman–Crippen LogP) is 1.08. The van der Waals surface area contributed by atoms with Crippen LogP contribution in [0, 0.1) is 11.3 Å². The molecule has 0 saturated carbocycles. The molecule has 1 heterocycles. The molecule has 0 radical (unpaired) electrons. The Balaban J connectivity index is 2.77. The minimum atomic E-state index is -0.499. The number of carbonyl (C=O) groups is 2. The molecule has 16 heavy (non-hydrogen) atoms. The third-order valence-corrected chi connectivity index (χ3v) is 3.42. The fourth-order valence-electron chi connectivity index (χ4n) is 1.68. The van der Waals surface area contributed by atoms with Crippen LogP contribution >= 0.6 is 12.2 Å². The Labute approximate surface area is 101 Å². The van der Waals surface area contributed by atoms with Gasteiger partial charge in [-0.05, 0) is 5.92 Å². The molecule has 2 amide bonds.